The molecular weight excluding hydrogens is 260 g/mol. The van der Waals surface area contributed by atoms with Crippen LogP contribution in [-0.4, -0.2) is 52.8 Å². The summed E-state index contributed by atoms with van der Waals surface area (Å²) in [5.74, 6) is -1.34. The summed E-state index contributed by atoms with van der Waals surface area (Å²) in [5.41, 5.74) is 1.12. The Labute approximate surface area is 116 Å². The largest absolute Gasteiger partial charge is 0.478 e. The normalized spacial score (nSPS) is 18.9. The number of carboxylic acids is 1. The van der Waals surface area contributed by atoms with E-state index in [9.17, 15) is 14.4 Å². The van der Waals surface area contributed by atoms with Gasteiger partial charge in [0.2, 0.25) is 11.8 Å². The van der Waals surface area contributed by atoms with Gasteiger partial charge in [-0.1, -0.05) is 12.1 Å². The molecule has 2 amide bonds. The van der Waals surface area contributed by atoms with E-state index in [1.54, 1.807) is 24.1 Å². The van der Waals surface area contributed by atoms with Crippen molar-refractivity contribution in [2.24, 2.45) is 0 Å². The molecule has 0 aliphatic carbocycles. The van der Waals surface area contributed by atoms with E-state index in [0.717, 1.165) is 10.5 Å². The molecule has 1 aromatic carbocycles. The molecule has 0 aromatic heterocycles. The Bertz CT molecular complexity index is 553. The lowest BCUT2D eigenvalue weighted by atomic mass is 10.1. The summed E-state index contributed by atoms with van der Waals surface area (Å²) in [6.07, 6.45) is 0.193. The maximum atomic E-state index is 11.9. The summed E-state index contributed by atoms with van der Waals surface area (Å²) in [7, 11) is 3.26. The van der Waals surface area contributed by atoms with Crippen molar-refractivity contribution < 1.29 is 19.5 Å². The van der Waals surface area contributed by atoms with Crippen LogP contribution in [0.1, 0.15) is 22.3 Å². The zero-order chi connectivity index (χ0) is 14.9. The third-order valence-corrected chi connectivity index (χ3v) is 3.52. The molecule has 1 unspecified atom stereocenters. The number of benzene rings is 1. The number of carbonyl (C=O) groups excluding carboxylic acids is 2. The van der Waals surface area contributed by atoms with E-state index in [1.807, 2.05) is 0 Å². The second kappa shape index (κ2) is 5.42. The average molecular weight is 276 g/mol. The third-order valence-electron chi connectivity index (χ3n) is 3.52. The Kier molecular flexibility index (Phi) is 3.85. The minimum absolute atomic E-state index is 0.173. The van der Waals surface area contributed by atoms with Crippen LogP contribution in [0.4, 0.5) is 0 Å². The molecule has 2 rings (SSSR count). The molecule has 0 bridgehead atoms. The Balaban J connectivity index is 2.05. The molecule has 1 aliphatic heterocycles. The highest BCUT2D eigenvalue weighted by molar-refractivity contribution is 6.05. The first kappa shape index (κ1) is 14.2. The van der Waals surface area contributed by atoms with Gasteiger partial charge in [-0.25, -0.2) is 4.79 Å². The molecule has 1 aromatic rings. The van der Waals surface area contributed by atoms with Crippen molar-refractivity contribution in [3.8, 4) is 0 Å². The number of imide groups is 1. The predicted octanol–water partition coefficient (Wildman–Crippen LogP) is 0.574. The zero-order valence-electron chi connectivity index (χ0n) is 11.4. The molecule has 1 atom stereocenters. The number of amides is 2. The fourth-order valence-corrected chi connectivity index (χ4v) is 2.23. The molecule has 1 aliphatic rings. The van der Waals surface area contributed by atoms with E-state index in [2.05, 4.69) is 0 Å². The SMILES string of the molecule is CN1C(=O)CC(N(C)Cc2ccc(C(=O)O)cc2)C1=O. The molecule has 0 spiro atoms. The van der Waals surface area contributed by atoms with Gasteiger partial charge in [0.25, 0.3) is 0 Å². The van der Waals surface area contributed by atoms with E-state index in [4.69, 9.17) is 5.11 Å². The van der Waals surface area contributed by atoms with Crippen LogP contribution in [0.2, 0.25) is 0 Å². The van der Waals surface area contributed by atoms with E-state index in [1.165, 1.54) is 19.2 Å². The molecule has 0 saturated carbocycles. The van der Waals surface area contributed by atoms with Gasteiger partial charge in [-0.2, -0.15) is 0 Å². The van der Waals surface area contributed by atoms with E-state index >= 15 is 0 Å². The lowest BCUT2D eigenvalue weighted by Gasteiger charge is -2.22. The lowest BCUT2D eigenvalue weighted by molar-refractivity contribution is -0.137. The Hall–Kier alpha value is -2.21. The fourth-order valence-electron chi connectivity index (χ4n) is 2.23. The van der Waals surface area contributed by atoms with Crippen molar-refractivity contribution in [2.45, 2.75) is 19.0 Å². The highest BCUT2D eigenvalue weighted by atomic mass is 16.4. The summed E-state index contributed by atoms with van der Waals surface area (Å²) in [6, 6.07) is 6.04. The molecule has 1 saturated heterocycles. The number of likely N-dealkylation sites (tertiary alicyclic amines) is 1. The first-order valence-electron chi connectivity index (χ1n) is 6.23. The van der Waals surface area contributed by atoms with Gasteiger partial charge in [0.1, 0.15) is 0 Å². The maximum absolute atomic E-state index is 11.9. The monoisotopic (exact) mass is 276 g/mol. The van der Waals surface area contributed by atoms with Gasteiger partial charge >= 0.3 is 5.97 Å². The van der Waals surface area contributed by atoms with E-state index in [-0.39, 0.29) is 23.8 Å². The number of hydrogen-bond acceptors (Lipinski definition) is 4. The topological polar surface area (TPSA) is 77.9 Å². The number of carboxylic acid groups (broad SMARTS) is 1. The van der Waals surface area contributed by atoms with Crippen LogP contribution in [0, 0.1) is 0 Å². The second-order valence-corrected chi connectivity index (χ2v) is 4.93. The van der Waals surface area contributed by atoms with Gasteiger partial charge in [-0.3, -0.25) is 19.4 Å². The Morgan fingerprint density at radius 2 is 1.95 bits per heavy atom. The summed E-state index contributed by atoms with van der Waals surface area (Å²) in [6.45, 7) is 0.484. The minimum Gasteiger partial charge on any atom is -0.478 e. The molecular formula is C14H16N2O4. The number of hydrogen-bond donors (Lipinski definition) is 1. The van der Waals surface area contributed by atoms with Crippen molar-refractivity contribution in [1.29, 1.82) is 0 Å². The number of nitrogens with zero attached hydrogens (tertiary/aromatic N) is 2. The Morgan fingerprint density at radius 1 is 1.35 bits per heavy atom. The molecule has 106 valence electrons. The van der Waals surface area contributed by atoms with Crippen LogP contribution in [0.5, 0.6) is 0 Å². The summed E-state index contributed by atoms with van der Waals surface area (Å²) >= 11 is 0. The molecule has 1 fully saturated rings. The van der Waals surface area contributed by atoms with Crippen LogP contribution < -0.4 is 0 Å². The highest BCUT2D eigenvalue weighted by Gasteiger charge is 2.38. The van der Waals surface area contributed by atoms with Crippen LogP contribution in [0.15, 0.2) is 24.3 Å². The smallest absolute Gasteiger partial charge is 0.335 e. The van der Waals surface area contributed by atoms with Gasteiger partial charge in [0.05, 0.1) is 18.0 Å². The van der Waals surface area contributed by atoms with E-state index < -0.39 is 12.0 Å². The molecule has 6 nitrogen and oxygen atoms in total. The maximum Gasteiger partial charge on any atom is 0.335 e. The van der Waals surface area contributed by atoms with Gasteiger partial charge in [-0.15, -0.1) is 0 Å². The summed E-state index contributed by atoms with van der Waals surface area (Å²) in [5, 5.41) is 8.83. The summed E-state index contributed by atoms with van der Waals surface area (Å²) in [4.78, 5) is 37.1. The Morgan fingerprint density at radius 3 is 2.40 bits per heavy atom. The van der Waals surface area contributed by atoms with Crippen LogP contribution >= 0.6 is 0 Å². The molecule has 20 heavy (non-hydrogen) atoms. The zero-order valence-corrected chi connectivity index (χ0v) is 11.4. The summed E-state index contributed by atoms with van der Waals surface area (Å²) < 4.78 is 0. The predicted molar refractivity (Wildman–Crippen MR) is 71.1 cm³/mol. The molecule has 1 N–H and O–H groups in total. The van der Waals surface area contributed by atoms with Gasteiger partial charge in [0.15, 0.2) is 0 Å². The number of rotatable bonds is 4. The van der Waals surface area contributed by atoms with Gasteiger partial charge in [-0.05, 0) is 24.7 Å². The van der Waals surface area contributed by atoms with Crippen LogP contribution in [-0.2, 0) is 16.1 Å². The first-order valence-corrected chi connectivity index (χ1v) is 6.23. The molecule has 1 heterocycles. The molecule has 6 heteroatoms. The first-order chi connectivity index (χ1) is 9.40. The van der Waals surface area contributed by atoms with Crippen molar-refractivity contribution in [3.05, 3.63) is 35.4 Å². The number of carbonyl (C=O) groups is 3. The number of aromatic carboxylic acids is 1. The van der Waals surface area contributed by atoms with Crippen molar-refractivity contribution >= 4 is 17.8 Å². The quantitative estimate of drug-likeness (QED) is 0.814. The molecule has 0 radical (unpaired) electrons. The van der Waals surface area contributed by atoms with Crippen molar-refractivity contribution in [1.82, 2.24) is 9.80 Å². The highest BCUT2D eigenvalue weighted by Crippen LogP contribution is 2.18. The van der Waals surface area contributed by atoms with Crippen LogP contribution in [0.25, 0.3) is 0 Å². The minimum atomic E-state index is -0.969. The van der Waals surface area contributed by atoms with Crippen LogP contribution in [0.3, 0.4) is 0 Å². The van der Waals surface area contributed by atoms with Gasteiger partial charge in [0, 0.05) is 13.6 Å². The standard InChI is InChI=1S/C14H16N2O4/c1-15(11-7-12(17)16(2)13(11)18)8-9-3-5-10(6-4-9)14(19)20/h3-6,11H,7-8H2,1-2H3,(H,19,20). The average Bonchev–Trinajstić information content (AvgIpc) is 2.67. The van der Waals surface area contributed by atoms with Gasteiger partial charge < -0.3 is 5.11 Å². The third kappa shape index (κ3) is 2.70. The van der Waals surface area contributed by atoms with Crippen molar-refractivity contribution in [3.63, 3.8) is 0 Å². The number of likely N-dealkylation sites (N-methyl/N-ethyl adjacent to an activating group) is 2. The second-order valence-electron chi connectivity index (χ2n) is 4.93. The lowest BCUT2D eigenvalue weighted by Crippen LogP contribution is -2.38. The van der Waals surface area contributed by atoms with E-state index in [0.29, 0.717) is 6.54 Å². The van der Waals surface area contributed by atoms with Crippen molar-refractivity contribution in [2.75, 3.05) is 14.1 Å². The fraction of sp³-hybridized carbons (Fsp3) is 0.357.